The highest BCUT2D eigenvalue weighted by molar-refractivity contribution is 9.10. The number of hydrogen-bond donors (Lipinski definition) is 1. The first kappa shape index (κ1) is 15.4. The summed E-state index contributed by atoms with van der Waals surface area (Å²) in [5.41, 5.74) is -0.567. The lowest BCUT2D eigenvalue weighted by Crippen LogP contribution is -2.14. The van der Waals surface area contributed by atoms with Crippen molar-refractivity contribution in [1.29, 1.82) is 0 Å². The Bertz CT molecular complexity index is 719. The van der Waals surface area contributed by atoms with Gasteiger partial charge in [-0.25, -0.2) is 4.39 Å². The lowest BCUT2D eigenvalue weighted by atomic mass is 10.2. The van der Waals surface area contributed by atoms with Crippen LogP contribution in [0.2, 0.25) is 5.02 Å². The Hall–Kier alpha value is -1.99. The zero-order valence-electron chi connectivity index (χ0n) is 10.3. The van der Waals surface area contributed by atoms with Crippen LogP contribution >= 0.6 is 27.5 Å². The maximum Gasteiger partial charge on any atom is 0.288 e. The maximum atomic E-state index is 13.6. The Morgan fingerprint density at radius 3 is 2.57 bits per heavy atom. The van der Waals surface area contributed by atoms with Gasteiger partial charge in [0.05, 0.1) is 16.2 Å². The number of rotatable bonds is 3. The Morgan fingerprint density at radius 1 is 1.29 bits per heavy atom. The molecule has 0 bridgehead atoms. The smallest absolute Gasteiger partial charge is 0.288 e. The number of carbonyl (C=O) groups excluding carboxylic acids is 1. The topological polar surface area (TPSA) is 72.2 Å². The minimum atomic E-state index is -0.741. The highest BCUT2D eigenvalue weighted by atomic mass is 79.9. The summed E-state index contributed by atoms with van der Waals surface area (Å²) in [6.45, 7) is 0. The number of hydrogen-bond acceptors (Lipinski definition) is 3. The number of benzene rings is 2. The molecule has 1 N–H and O–H groups in total. The molecule has 0 saturated carbocycles. The van der Waals surface area contributed by atoms with Crippen LogP contribution in [0.25, 0.3) is 0 Å². The van der Waals surface area contributed by atoms with Crippen LogP contribution in [0.1, 0.15) is 10.4 Å². The third-order valence-electron chi connectivity index (χ3n) is 2.62. The number of nitrogens with one attached hydrogen (secondary N) is 1. The predicted octanol–water partition coefficient (Wildman–Crippen LogP) is 4.40. The molecule has 2 rings (SSSR count). The molecule has 2 aromatic carbocycles. The van der Waals surface area contributed by atoms with Gasteiger partial charge in [0.15, 0.2) is 0 Å². The van der Waals surface area contributed by atoms with E-state index >= 15 is 0 Å². The molecule has 0 fully saturated rings. The molecule has 8 heteroatoms. The monoisotopic (exact) mass is 372 g/mol. The predicted molar refractivity (Wildman–Crippen MR) is 80.2 cm³/mol. The van der Waals surface area contributed by atoms with Crippen LogP contribution < -0.4 is 5.32 Å². The summed E-state index contributed by atoms with van der Waals surface area (Å²) in [5.74, 6) is -1.38. The van der Waals surface area contributed by atoms with Crippen LogP contribution in [0.5, 0.6) is 0 Å². The Morgan fingerprint density at radius 2 is 1.95 bits per heavy atom. The fourth-order valence-electron chi connectivity index (χ4n) is 1.63. The molecule has 108 valence electrons. The summed E-state index contributed by atoms with van der Waals surface area (Å²) in [7, 11) is 0. The second-order valence-electron chi connectivity index (χ2n) is 3.95. The SMILES string of the molecule is O=C(Nc1c(F)cccc1Br)c1cccc([N+](=O)[O-])c1Cl. The van der Waals surface area contributed by atoms with Crippen LogP contribution in [-0.2, 0) is 0 Å². The number of anilines is 1. The summed E-state index contributed by atoms with van der Waals surface area (Å²) in [4.78, 5) is 22.2. The van der Waals surface area contributed by atoms with Gasteiger partial charge < -0.3 is 5.32 Å². The van der Waals surface area contributed by atoms with Crippen molar-refractivity contribution in [1.82, 2.24) is 0 Å². The highest BCUT2D eigenvalue weighted by Crippen LogP contribution is 2.30. The zero-order valence-corrected chi connectivity index (χ0v) is 12.6. The molecule has 1 amide bonds. The van der Waals surface area contributed by atoms with E-state index in [-0.39, 0.29) is 16.3 Å². The Balaban J connectivity index is 2.38. The molecule has 21 heavy (non-hydrogen) atoms. The molecule has 0 atom stereocenters. The van der Waals surface area contributed by atoms with Gasteiger partial charge in [-0.2, -0.15) is 0 Å². The van der Waals surface area contributed by atoms with Crippen molar-refractivity contribution in [2.24, 2.45) is 0 Å². The molecule has 0 aliphatic rings. The fourth-order valence-corrected chi connectivity index (χ4v) is 2.36. The van der Waals surface area contributed by atoms with E-state index in [1.54, 1.807) is 6.07 Å². The average Bonchev–Trinajstić information content (AvgIpc) is 2.42. The third kappa shape index (κ3) is 3.20. The number of para-hydroxylation sites is 1. The van der Waals surface area contributed by atoms with Crippen molar-refractivity contribution < 1.29 is 14.1 Å². The first-order valence-electron chi connectivity index (χ1n) is 5.60. The molecule has 0 aliphatic heterocycles. The minimum Gasteiger partial charge on any atom is -0.318 e. The van der Waals surface area contributed by atoms with E-state index in [1.165, 1.54) is 30.3 Å². The highest BCUT2D eigenvalue weighted by Gasteiger charge is 2.21. The van der Waals surface area contributed by atoms with E-state index in [9.17, 15) is 19.3 Å². The average molecular weight is 374 g/mol. The van der Waals surface area contributed by atoms with Gasteiger partial charge in [0.1, 0.15) is 10.8 Å². The fraction of sp³-hybridized carbons (Fsp3) is 0. The van der Waals surface area contributed by atoms with Crippen molar-refractivity contribution in [3.8, 4) is 0 Å². The summed E-state index contributed by atoms with van der Waals surface area (Å²) in [6, 6.07) is 8.02. The van der Waals surface area contributed by atoms with Crippen molar-refractivity contribution in [3.05, 3.63) is 67.4 Å². The summed E-state index contributed by atoms with van der Waals surface area (Å²) in [6.07, 6.45) is 0. The molecular weight excluding hydrogens is 367 g/mol. The summed E-state index contributed by atoms with van der Waals surface area (Å²) < 4.78 is 14.0. The second-order valence-corrected chi connectivity index (χ2v) is 5.18. The van der Waals surface area contributed by atoms with E-state index in [2.05, 4.69) is 21.2 Å². The number of nitro groups is 1. The number of carbonyl (C=O) groups is 1. The number of nitrogens with zero attached hydrogens (tertiary/aromatic N) is 1. The van der Waals surface area contributed by atoms with Crippen LogP contribution in [-0.4, -0.2) is 10.8 Å². The van der Waals surface area contributed by atoms with Gasteiger partial charge in [-0.1, -0.05) is 23.7 Å². The molecule has 0 saturated heterocycles. The van der Waals surface area contributed by atoms with Crippen molar-refractivity contribution in [2.45, 2.75) is 0 Å². The van der Waals surface area contributed by atoms with Gasteiger partial charge in [-0.3, -0.25) is 14.9 Å². The van der Waals surface area contributed by atoms with Crippen molar-refractivity contribution in [2.75, 3.05) is 5.32 Å². The van der Waals surface area contributed by atoms with Crippen molar-refractivity contribution >= 4 is 44.8 Å². The minimum absolute atomic E-state index is 0.0647. The van der Waals surface area contributed by atoms with E-state index < -0.39 is 22.3 Å². The van der Waals surface area contributed by atoms with Crippen LogP contribution in [0, 0.1) is 15.9 Å². The second kappa shape index (κ2) is 6.19. The van der Waals surface area contributed by atoms with Crippen molar-refractivity contribution in [3.63, 3.8) is 0 Å². The number of halogens is 3. The molecule has 0 heterocycles. The molecule has 0 radical (unpaired) electrons. The van der Waals surface area contributed by atoms with Crippen LogP contribution in [0.15, 0.2) is 40.9 Å². The number of amides is 1. The van der Waals surface area contributed by atoms with Gasteiger partial charge in [-0.15, -0.1) is 0 Å². The summed E-state index contributed by atoms with van der Waals surface area (Å²) in [5, 5.41) is 12.8. The van der Waals surface area contributed by atoms with E-state index in [0.717, 1.165) is 0 Å². The largest absolute Gasteiger partial charge is 0.318 e. The quantitative estimate of drug-likeness (QED) is 0.640. The standard InChI is InChI=1S/C13H7BrClFN2O3/c14-8-4-2-5-9(16)12(8)17-13(19)7-3-1-6-10(11(7)15)18(20)21/h1-6H,(H,17,19). The van der Waals surface area contributed by atoms with E-state index in [0.29, 0.717) is 4.47 Å². The van der Waals surface area contributed by atoms with E-state index in [1.807, 2.05) is 0 Å². The Labute approximate surface area is 132 Å². The molecule has 2 aromatic rings. The normalized spacial score (nSPS) is 10.2. The van der Waals surface area contributed by atoms with Gasteiger partial charge in [0.2, 0.25) is 0 Å². The van der Waals surface area contributed by atoms with Crippen LogP contribution in [0.3, 0.4) is 0 Å². The van der Waals surface area contributed by atoms with Gasteiger partial charge in [0.25, 0.3) is 11.6 Å². The maximum absolute atomic E-state index is 13.6. The van der Waals surface area contributed by atoms with Gasteiger partial charge >= 0.3 is 0 Å². The number of nitro benzene ring substituents is 1. The molecule has 5 nitrogen and oxygen atoms in total. The molecule has 0 unspecified atom stereocenters. The molecule has 0 aromatic heterocycles. The van der Waals surface area contributed by atoms with Gasteiger partial charge in [0, 0.05) is 10.5 Å². The summed E-state index contributed by atoms with van der Waals surface area (Å²) >= 11 is 8.94. The first-order valence-corrected chi connectivity index (χ1v) is 6.77. The molecule has 0 aliphatic carbocycles. The lowest BCUT2D eigenvalue weighted by Gasteiger charge is -2.09. The third-order valence-corrected chi connectivity index (χ3v) is 3.68. The Kier molecular flexibility index (Phi) is 4.54. The lowest BCUT2D eigenvalue weighted by molar-refractivity contribution is -0.384. The van der Waals surface area contributed by atoms with E-state index in [4.69, 9.17) is 11.6 Å². The van der Waals surface area contributed by atoms with Gasteiger partial charge in [-0.05, 0) is 34.1 Å². The molecular formula is C13H7BrClFN2O3. The van der Waals surface area contributed by atoms with Crippen LogP contribution in [0.4, 0.5) is 15.8 Å². The zero-order chi connectivity index (χ0) is 15.6. The first-order chi connectivity index (χ1) is 9.91. The molecule has 0 spiro atoms.